The molecule has 0 atom stereocenters. The van der Waals surface area contributed by atoms with Crippen LogP contribution in [0.5, 0.6) is 0 Å². The van der Waals surface area contributed by atoms with Crippen LogP contribution in [0.4, 0.5) is 4.79 Å². The summed E-state index contributed by atoms with van der Waals surface area (Å²) in [5.41, 5.74) is 0. The molecule has 1 aliphatic rings. The average Bonchev–Trinajstić information content (AvgIpc) is 2.78. The third kappa shape index (κ3) is 4.84. The molecule has 1 saturated carbocycles. The summed E-state index contributed by atoms with van der Waals surface area (Å²) in [6.45, 7) is 4.86. The molecule has 1 aliphatic carbocycles. The van der Waals surface area contributed by atoms with Gasteiger partial charge in [0.25, 0.3) is 0 Å². The van der Waals surface area contributed by atoms with Crippen molar-refractivity contribution in [1.82, 2.24) is 10.2 Å². The number of amides is 3. The number of urea groups is 1. The van der Waals surface area contributed by atoms with Gasteiger partial charge < -0.3 is 4.90 Å². The van der Waals surface area contributed by atoms with Gasteiger partial charge in [0.2, 0.25) is 5.91 Å². The lowest BCUT2D eigenvalue weighted by molar-refractivity contribution is -0.119. The first kappa shape index (κ1) is 15.3. The van der Waals surface area contributed by atoms with Crippen LogP contribution < -0.4 is 5.32 Å². The van der Waals surface area contributed by atoms with E-state index in [1.54, 1.807) is 0 Å². The van der Waals surface area contributed by atoms with Crippen LogP contribution in [0.15, 0.2) is 0 Å². The highest BCUT2D eigenvalue weighted by Gasteiger charge is 2.27. The molecule has 0 aromatic rings. The van der Waals surface area contributed by atoms with Crippen molar-refractivity contribution in [3.63, 3.8) is 0 Å². The zero-order valence-electron chi connectivity index (χ0n) is 11.2. The second-order valence-electron chi connectivity index (χ2n) is 5.28. The third-order valence-corrected chi connectivity index (χ3v) is 3.35. The highest BCUT2D eigenvalue weighted by molar-refractivity contribution is 6.19. The predicted octanol–water partition coefficient (Wildman–Crippen LogP) is 2.75. The smallest absolute Gasteiger partial charge is 0.321 e. The minimum absolute atomic E-state index is 0.188. The fourth-order valence-electron chi connectivity index (χ4n) is 2.35. The van der Waals surface area contributed by atoms with E-state index in [0.29, 0.717) is 12.5 Å². The second kappa shape index (κ2) is 7.62. The molecule has 0 heterocycles. The lowest BCUT2D eigenvalue weighted by Gasteiger charge is -2.30. The molecule has 0 bridgehead atoms. The molecule has 0 radical (unpaired) electrons. The van der Waals surface area contributed by atoms with Gasteiger partial charge in [-0.1, -0.05) is 26.7 Å². The van der Waals surface area contributed by atoms with E-state index in [9.17, 15) is 9.59 Å². The molecule has 104 valence electrons. The molecule has 1 fully saturated rings. The average molecular weight is 275 g/mol. The van der Waals surface area contributed by atoms with Gasteiger partial charge in [0, 0.05) is 24.9 Å². The molecule has 0 saturated heterocycles. The minimum Gasteiger partial charge on any atom is -0.321 e. The van der Waals surface area contributed by atoms with E-state index < -0.39 is 0 Å². The van der Waals surface area contributed by atoms with Crippen LogP contribution in [0, 0.1) is 5.92 Å². The Morgan fingerprint density at radius 1 is 1.33 bits per heavy atom. The number of imide groups is 1. The van der Waals surface area contributed by atoms with Gasteiger partial charge >= 0.3 is 6.03 Å². The van der Waals surface area contributed by atoms with Crippen molar-refractivity contribution >= 4 is 23.5 Å². The summed E-state index contributed by atoms with van der Waals surface area (Å²) in [6, 6.07) is 0.0296. The van der Waals surface area contributed by atoms with Crippen LogP contribution in [0.3, 0.4) is 0 Å². The summed E-state index contributed by atoms with van der Waals surface area (Å²) in [6.07, 6.45) is 4.62. The molecule has 1 rings (SSSR count). The summed E-state index contributed by atoms with van der Waals surface area (Å²) >= 11 is 5.49. The Labute approximate surface area is 114 Å². The summed E-state index contributed by atoms with van der Waals surface area (Å²) in [5, 5.41) is 2.43. The largest absolute Gasteiger partial charge is 0.324 e. The van der Waals surface area contributed by atoms with E-state index >= 15 is 0 Å². The highest BCUT2D eigenvalue weighted by Crippen LogP contribution is 2.24. The zero-order valence-corrected chi connectivity index (χ0v) is 12.0. The maximum absolute atomic E-state index is 12.1. The Morgan fingerprint density at radius 2 is 1.94 bits per heavy atom. The lowest BCUT2D eigenvalue weighted by Crippen LogP contribution is -2.48. The first-order chi connectivity index (χ1) is 8.54. The number of rotatable bonds is 5. The maximum Gasteiger partial charge on any atom is 0.324 e. The van der Waals surface area contributed by atoms with Crippen molar-refractivity contribution in [3.05, 3.63) is 0 Å². The van der Waals surface area contributed by atoms with Gasteiger partial charge in [0.15, 0.2) is 0 Å². The molecule has 0 unspecified atom stereocenters. The first-order valence-electron chi connectivity index (χ1n) is 6.71. The van der Waals surface area contributed by atoms with Crippen molar-refractivity contribution in [2.45, 2.75) is 52.0 Å². The van der Waals surface area contributed by atoms with E-state index in [0.717, 1.165) is 12.8 Å². The van der Waals surface area contributed by atoms with Crippen molar-refractivity contribution < 1.29 is 9.59 Å². The van der Waals surface area contributed by atoms with Crippen LogP contribution in [-0.2, 0) is 4.79 Å². The van der Waals surface area contributed by atoms with Gasteiger partial charge in [-0.25, -0.2) is 4.79 Å². The van der Waals surface area contributed by atoms with E-state index in [2.05, 4.69) is 19.2 Å². The Bertz CT molecular complexity index is 289. The fraction of sp³-hybridized carbons (Fsp3) is 0.846. The van der Waals surface area contributed by atoms with Gasteiger partial charge in [0.1, 0.15) is 0 Å². The third-order valence-electron chi connectivity index (χ3n) is 3.16. The maximum atomic E-state index is 12.1. The normalized spacial score (nSPS) is 16.0. The van der Waals surface area contributed by atoms with Crippen LogP contribution in [0.25, 0.3) is 0 Å². The number of halogens is 1. The molecule has 18 heavy (non-hydrogen) atoms. The molecule has 0 spiro atoms. The van der Waals surface area contributed by atoms with Gasteiger partial charge in [-0.3, -0.25) is 10.1 Å². The molecular formula is C13H23ClN2O2. The van der Waals surface area contributed by atoms with Crippen LogP contribution >= 0.6 is 11.6 Å². The lowest BCUT2D eigenvalue weighted by atomic mass is 10.1. The zero-order chi connectivity index (χ0) is 13.5. The molecule has 1 N–H and O–H groups in total. The van der Waals surface area contributed by atoms with Crippen LogP contribution in [0.2, 0.25) is 0 Å². The SMILES string of the molecule is CC(C)CN(C(=O)NC(=O)CCCl)C1CCCC1. The monoisotopic (exact) mass is 274 g/mol. The van der Waals surface area contributed by atoms with E-state index in [1.807, 2.05) is 4.90 Å². The summed E-state index contributed by atoms with van der Waals surface area (Å²) in [4.78, 5) is 25.3. The van der Waals surface area contributed by atoms with Crippen LogP contribution in [-0.4, -0.2) is 35.3 Å². The standard InChI is InChI=1S/C13H23ClN2O2/c1-10(2)9-16(11-5-3-4-6-11)13(18)15-12(17)7-8-14/h10-11H,3-9H2,1-2H3,(H,15,17,18). The Kier molecular flexibility index (Phi) is 6.47. The quantitative estimate of drug-likeness (QED) is 0.784. The van der Waals surface area contributed by atoms with Gasteiger partial charge in [-0.2, -0.15) is 0 Å². The van der Waals surface area contributed by atoms with E-state index in [4.69, 9.17) is 11.6 Å². The highest BCUT2D eigenvalue weighted by atomic mass is 35.5. The molecule has 5 heteroatoms. The number of nitrogens with one attached hydrogen (secondary N) is 1. The molecule has 0 aromatic carbocycles. The molecule has 0 aliphatic heterocycles. The van der Waals surface area contributed by atoms with Crippen molar-refractivity contribution in [1.29, 1.82) is 0 Å². The molecule has 3 amide bonds. The number of nitrogens with zero attached hydrogens (tertiary/aromatic N) is 1. The first-order valence-corrected chi connectivity index (χ1v) is 7.24. The molecule has 4 nitrogen and oxygen atoms in total. The van der Waals surface area contributed by atoms with Gasteiger partial charge in [-0.15, -0.1) is 11.6 Å². The van der Waals surface area contributed by atoms with Crippen molar-refractivity contribution in [2.24, 2.45) is 5.92 Å². The van der Waals surface area contributed by atoms with Gasteiger partial charge in [-0.05, 0) is 18.8 Å². The number of carbonyl (C=O) groups is 2. The number of alkyl halides is 1. The summed E-state index contributed by atoms with van der Waals surface area (Å²) < 4.78 is 0. The Balaban J connectivity index is 2.57. The van der Waals surface area contributed by atoms with E-state index in [-0.39, 0.29) is 30.3 Å². The Hall–Kier alpha value is -0.770. The van der Waals surface area contributed by atoms with Crippen molar-refractivity contribution in [3.8, 4) is 0 Å². The second-order valence-corrected chi connectivity index (χ2v) is 5.65. The number of hydrogen-bond acceptors (Lipinski definition) is 2. The predicted molar refractivity (Wildman–Crippen MR) is 72.7 cm³/mol. The molecular weight excluding hydrogens is 252 g/mol. The Morgan fingerprint density at radius 3 is 2.44 bits per heavy atom. The fourth-order valence-corrected chi connectivity index (χ4v) is 2.52. The minimum atomic E-state index is -0.290. The van der Waals surface area contributed by atoms with Crippen molar-refractivity contribution in [2.75, 3.05) is 12.4 Å². The molecule has 0 aromatic heterocycles. The summed E-state index contributed by atoms with van der Waals surface area (Å²) in [5.74, 6) is 0.355. The van der Waals surface area contributed by atoms with E-state index in [1.165, 1.54) is 12.8 Å². The number of hydrogen-bond donors (Lipinski definition) is 1. The van der Waals surface area contributed by atoms with Crippen LogP contribution in [0.1, 0.15) is 46.0 Å². The topological polar surface area (TPSA) is 49.4 Å². The van der Waals surface area contributed by atoms with Gasteiger partial charge in [0.05, 0.1) is 0 Å². The number of carbonyl (C=O) groups excluding carboxylic acids is 2. The summed E-state index contributed by atoms with van der Waals surface area (Å²) in [7, 11) is 0.